The lowest BCUT2D eigenvalue weighted by molar-refractivity contribution is -0.125. The minimum atomic E-state index is -0.380. The van der Waals surface area contributed by atoms with Crippen LogP contribution in [0.3, 0.4) is 0 Å². The molecule has 0 bridgehead atoms. The molecule has 2 amide bonds. The summed E-state index contributed by atoms with van der Waals surface area (Å²) in [7, 11) is 0. The maximum atomic E-state index is 14.9. The molecule has 178 valence electrons. The molecule has 2 fully saturated rings. The van der Waals surface area contributed by atoms with Crippen LogP contribution in [0.1, 0.15) is 35.0 Å². The van der Waals surface area contributed by atoms with Crippen LogP contribution >= 0.6 is 11.3 Å². The first-order chi connectivity index (χ1) is 17.0. The second-order valence-electron chi connectivity index (χ2n) is 9.17. The summed E-state index contributed by atoms with van der Waals surface area (Å²) in [5.41, 5.74) is 0.879. The summed E-state index contributed by atoms with van der Waals surface area (Å²) in [6, 6.07) is 8.25. The van der Waals surface area contributed by atoms with Crippen molar-refractivity contribution in [2.75, 3.05) is 18.4 Å². The number of oxazole rings is 1. The minimum absolute atomic E-state index is 0.00615. The molecule has 4 heterocycles. The van der Waals surface area contributed by atoms with E-state index < -0.39 is 0 Å². The highest BCUT2D eigenvalue weighted by atomic mass is 32.1. The first-order valence-corrected chi connectivity index (χ1v) is 12.2. The van der Waals surface area contributed by atoms with E-state index in [2.05, 4.69) is 21.9 Å². The Labute approximate surface area is 204 Å². The maximum Gasteiger partial charge on any atom is 0.268 e. The Hall–Kier alpha value is -3.79. The van der Waals surface area contributed by atoms with Gasteiger partial charge < -0.3 is 13.9 Å². The number of para-hydroxylation sites is 1. The van der Waals surface area contributed by atoms with Crippen LogP contribution in [-0.4, -0.2) is 44.3 Å². The normalized spacial score (nSPS) is 21.4. The Balaban J connectivity index is 1.28. The van der Waals surface area contributed by atoms with Gasteiger partial charge in [-0.25, -0.2) is 14.4 Å². The van der Waals surface area contributed by atoms with Crippen molar-refractivity contribution in [1.82, 2.24) is 19.4 Å². The molecule has 1 N–H and O–H groups in total. The molecule has 0 unspecified atom stereocenters. The van der Waals surface area contributed by atoms with Gasteiger partial charge in [-0.05, 0) is 55.0 Å². The number of nitrogens with one attached hydrogen (secondary N) is 1. The van der Waals surface area contributed by atoms with Crippen molar-refractivity contribution < 1.29 is 18.4 Å². The minimum Gasteiger partial charge on any atom is -0.443 e. The van der Waals surface area contributed by atoms with Gasteiger partial charge >= 0.3 is 0 Å². The molecule has 8 nitrogen and oxygen atoms in total. The van der Waals surface area contributed by atoms with Gasteiger partial charge in [-0.3, -0.25) is 14.9 Å². The van der Waals surface area contributed by atoms with E-state index in [1.54, 1.807) is 30.5 Å². The number of carbonyl (C=O) groups is 2. The molecule has 1 saturated carbocycles. The quantitative estimate of drug-likeness (QED) is 0.402. The lowest BCUT2D eigenvalue weighted by Crippen LogP contribution is -2.42. The van der Waals surface area contributed by atoms with Crippen molar-refractivity contribution in [2.24, 2.45) is 5.41 Å². The van der Waals surface area contributed by atoms with E-state index in [1.807, 2.05) is 9.47 Å². The molecule has 0 radical (unpaired) electrons. The fourth-order valence-electron chi connectivity index (χ4n) is 5.35. The number of thiophene rings is 1. The van der Waals surface area contributed by atoms with Gasteiger partial charge in [0.15, 0.2) is 12.2 Å². The summed E-state index contributed by atoms with van der Waals surface area (Å²) < 4.78 is 22.1. The molecule has 1 aliphatic carbocycles. The third-order valence-corrected chi connectivity index (χ3v) is 8.12. The average Bonchev–Trinajstić information content (AvgIpc) is 3.62. The van der Waals surface area contributed by atoms with Gasteiger partial charge in [0, 0.05) is 19.1 Å². The monoisotopic (exact) mass is 491 g/mol. The predicted molar refractivity (Wildman–Crippen MR) is 130 cm³/mol. The van der Waals surface area contributed by atoms with E-state index in [0.29, 0.717) is 40.7 Å². The Kier molecular flexibility index (Phi) is 5.06. The Morgan fingerprint density at radius 1 is 1.29 bits per heavy atom. The molecule has 6 rings (SSSR count). The number of amides is 2. The molecule has 1 saturated heterocycles. The van der Waals surface area contributed by atoms with Crippen molar-refractivity contribution >= 4 is 40.1 Å². The Morgan fingerprint density at radius 3 is 2.91 bits per heavy atom. The Bertz CT molecular complexity index is 1450. The third-order valence-electron chi connectivity index (χ3n) is 7.02. The molecular formula is C25H22FN5O3S. The van der Waals surface area contributed by atoms with Gasteiger partial charge in [-0.1, -0.05) is 12.6 Å². The number of hydrogen-bond donors (Lipinski definition) is 1. The second-order valence-corrected chi connectivity index (χ2v) is 10.3. The Morgan fingerprint density at radius 2 is 2.14 bits per heavy atom. The molecular weight excluding hydrogens is 469 g/mol. The molecule has 3 aromatic heterocycles. The SMILES string of the molecule is C=CC(=O)N1CC[C@]2(C1)C[C@@H](n1c(NC(=O)c3ccc(-c4cnco4)s3)nc3cccc(F)c31)C2. The number of likely N-dealkylation sites (tertiary alicyclic amines) is 1. The van der Waals surface area contributed by atoms with Crippen LogP contribution in [0.4, 0.5) is 10.3 Å². The largest absolute Gasteiger partial charge is 0.443 e. The summed E-state index contributed by atoms with van der Waals surface area (Å²) in [6.07, 6.45) is 6.75. The highest BCUT2D eigenvalue weighted by molar-refractivity contribution is 7.17. The smallest absolute Gasteiger partial charge is 0.268 e. The van der Waals surface area contributed by atoms with Gasteiger partial charge in [0.2, 0.25) is 11.9 Å². The lowest BCUT2D eigenvalue weighted by atomic mass is 9.64. The summed E-state index contributed by atoms with van der Waals surface area (Å²) >= 11 is 1.28. The second kappa shape index (κ2) is 8.16. The van der Waals surface area contributed by atoms with E-state index in [4.69, 9.17) is 4.42 Å². The van der Waals surface area contributed by atoms with E-state index >= 15 is 0 Å². The third kappa shape index (κ3) is 3.65. The molecule has 10 heteroatoms. The predicted octanol–water partition coefficient (Wildman–Crippen LogP) is 4.88. The number of fused-ring (bicyclic) bond motifs is 1. The van der Waals surface area contributed by atoms with Crippen LogP contribution in [0.15, 0.2) is 60.0 Å². The number of anilines is 1. The molecule has 2 aliphatic rings. The number of imidazole rings is 1. The van der Waals surface area contributed by atoms with Gasteiger partial charge in [0.25, 0.3) is 5.91 Å². The zero-order valence-electron chi connectivity index (χ0n) is 18.7. The number of hydrogen-bond acceptors (Lipinski definition) is 6. The van der Waals surface area contributed by atoms with Gasteiger partial charge in [-0.2, -0.15) is 0 Å². The zero-order chi connectivity index (χ0) is 24.2. The van der Waals surface area contributed by atoms with Crippen molar-refractivity contribution in [3.63, 3.8) is 0 Å². The van der Waals surface area contributed by atoms with Crippen molar-refractivity contribution in [3.8, 4) is 10.6 Å². The van der Waals surface area contributed by atoms with Gasteiger partial charge in [-0.15, -0.1) is 11.3 Å². The van der Waals surface area contributed by atoms with E-state index in [0.717, 1.165) is 24.1 Å². The topological polar surface area (TPSA) is 93.3 Å². The zero-order valence-corrected chi connectivity index (χ0v) is 19.6. The van der Waals surface area contributed by atoms with E-state index in [-0.39, 0.29) is 29.1 Å². The number of carbonyl (C=O) groups excluding carboxylic acids is 2. The van der Waals surface area contributed by atoms with Crippen LogP contribution in [0, 0.1) is 11.2 Å². The number of aromatic nitrogens is 3. The first kappa shape index (κ1) is 21.7. The standard InChI is InChI=1S/C25H22FN5O3S/c1-2-21(32)30-9-8-25(13-30)10-15(11-25)31-22-16(26)4-3-5-17(22)28-24(31)29-23(33)20-7-6-19(35-20)18-12-27-14-34-18/h2-7,12,14-15H,1,8-11,13H2,(H,28,29,33)/t15-,25+. The highest BCUT2D eigenvalue weighted by Crippen LogP contribution is 2.55. The van der Waals surface area contributed by atoms with Gasteiger partial charge in [0.1, 0.15) is 11.3 Å². The van der Waals surface area contributed by atoms with Crippen LogP contribution in [0.5, 0.6) is 0 Å². The summed E-state index contributed by atoms with van der Waals surface area (Å²) in [5, 5.41) is 2.90. The number of nitrogens with zero attached hydrogens (tertiary/aromatic N) is 4. The maximum absolute atomic E-state index is 14.9. The van der Waals surface area contributed by atoms with Gasteiger partial charge in [0.05, 0.1) is 21.5 Å². The number of rotatable bonds is 5. The lowest BCUT2D eigenvalue weighted by Gasteiger charge is -2.46. The van der Waals surface area contributed by atoms with E-state index in [9.17, 15) is 14.0 Å². The van der Waals surface area contributed by atoms with Crippen molar-refractivity contribution in [2.45, 2.75) is 25.3 Å². The van der Waals surface area contributed by atoms with Crippen LogP contribution in [0.25, 0.3) is 21.7 Å². The van der Waals surface area contributed by atoms with Crippen molar-refractivity contribution in [1.29, 1.82) is 0 Å². The average molecular weight is 492 g/mol. The molecule has 1 spiro atoms. The summed E-state index contributed by atoms with van der Waals surface area (Å²) in [5.74, 6) is 0.147. The molecule has 1 aromatic carbocycles. The van der Waals surface area contributed by atoms with E-state index in [1.165, 1.54) is 29.9 Å². The summed E-state index contributed by atoms with van der Waals surface area (Å²) in [4.78, 5) is 36.7. The number of halogens is 1. The fraction of sp³-hybridized carbons (Fsp3) is 0.280. The number of benzene rings is 1. The molecule has 4 aromatic rings. The molecule has 0 atom stereocenters. The fourth-order valence-corrected chi connectivity index (χ4v) is 6.21. The van der Waals surface area contributed by atoms with Crippen LogP contribution in [0.2, 0.25) is 0 Å². The summed E-state index contributed by atoms with van der Waals surface area (Å²) in [6.45, 7) is 4.96. The highest BCUT2D eigenvalue weighted by Gasteiger charge is 2.50. The van der Waals surface area contributed by atoms with Crippen LogP contribution < -0.4 is 5.32 Å². The molecule has 35 heavy (non-hydrogen) atoms. The first-order valence-electron chi connectivity index (χ1n) is 11.3. The van der Waals surface area contributed by atoms with Crippen molar-refractivity contribution in [3.05, 3.63) is 66.3 Å². The van der Waals surface area contributed by atoms with Crippen LogP contribution in [-0.2, 0) is 4.79 Å². The molecule has 1 aliphatic heterocycles.